The number of esters is 2. The Balaban J connectivity index is 1.89. The SMILES string of the molecule is CC[C@]1(C(=O)c2ccc(C(C)(C)C)cc2)[C@H]2c3cc(Br)ccc3OC(=O)[C@]21C(=O)OC. The number of ketones is 1. The van der Waals surface area contributed by atoms with Crippen LogP contribution in [0.2, 0.25) is 0 Å². The Labute approximate surface area is 190 Å². The van der Waals surface area contributed by atoms with Crippen LogP contribution in [-0.4, -0.2) is 24.8 Å². The van der Waals surface area contributed by atoms with E-state index < -0.39 is 28.7 Å². The van der Waals surface area contributed by atoms with Crippen LogP contribution in [0.3, 0.4) is 0 Å². The Bertz CT molecular complexity index is 1100. The number of hydrogen-bond donors (Lipinski definition) is 0. The molecule has 1 aliphatic carbocycles. The minimum atomic E-state index is -1.68. The average Bonchev–Trinajstić information content (AvgIpc) is 3.39. The van der Waals surface area contributed by atoms with Gasteiger partial charge in [-0.3, -0.25) is 14.4 Å². The zero-order chi connectivity index (χ0) is 22.8. The summed E-state index contributed by atoms with van der Waals surface area (Å²) in [6.07, 6.45) is 0.299. The number of rotatable bonds is 4. The van der Waals surface area contributed by atoms with E-state index in [9.17, 15) is 14.4 Å². The standard InChI is InChI=1S/C25H25BrO5/c1-6-24(20(27)14-7-9-15(10-8-14)23(2,3)4)19-17-13-16(26)11-12-18(17)31-22(29)25(19,24)21(28)30-5/h7-13,19H,6H2,1-5H3/t19-,24-,25-/m1/s1. The highest BCUT2D eigenvalue weighted by atomic mass is 79.9. The topological polar surface area (TPSA) is 69.7 Å². The third kappa shape index (κ3) is 2.77. The van der Waals surface area contributed by atoms with Gasteiger partial charge in [-0.1, -0.05) is 67.9 Å². The maximum Gasteiger partial charge on any atom is 0.330 e. The zero-order valence-corrected chi connectivity index (χ0v) is 19.8. The Morgan fingerprint density at radius 3 is 2.32 bits per heavy atom. The van der Waals surface area contributed by atoms with E-state index in [1.54, 1.807) is 24.3 Å². The molecule has 0 bridgehead atoms. The highest BCUT2D eigenvalue weighted by Gasteiger charge is 2.90. The Morgan fingerprint density at radius 1 is 1.13 bits per heavy atom. The van der Waals surface area contributed by atoms with Crippen LogP contribution in [-0.2, 0) is 19.7 Å². The molecule has 162 valence electrons. The monoisotopic (exact) mass is 484 g/mol. The van der Waals surface area contributed by atoms with Gasteiger partial charge in [-0.15, -0.1) is 0 Å². The number of hydrogen-bond acceptors (Lipinski definition) is 5. The third-order valence-corrected chi connectivity index (χ3v) is 7.33. The number of benzene rings is 2. The molecule has 6 heteroatoms. The van der Waals surface area contributed by atoms with Crippen LogP contribution in [0.5, 0.6) is 5.75 Å². The minimum absolute atomic E-state index is 0.0557. The predicted molar refractivity (Wildman–Crippen MR) is 119 cm³/mol. The van der Waals surface area contributed by atoms with Gasteiger partial charge in [0.05, 0.1) is 12.5 Å². The van der Waals surface area contributed by atoms with Crippen molar-refractivity contribution in [3.8, 4) is 5.75 Å². The van der Waals surface area contributed by atoms with Crippen molar-refractivity contribution in [1.29, 1.82) is 0 Å². The van der Waals surface area contributed by atoms with E-state index in [1.807, 2.05) is 25.1 Å². The van der Waals surface area contributed by atoms with Gasteiger partial charge in [0, 0.05) is 21.5 Å². The zero-order valence-electron chi connectivity index (χ0n) is 18.2. The summed E-state index contributed by atoms with van der Waals surface area (Å²) >= 11 is 3.45. The second-order valence-corrected chi connectivity index (χ2v) is 10.2. The fourth-order valence-electron chi connectivity index (χ4n) is 5.23. The quantitative estimate of drug-likeness (QED) is 0.258. The first kappa shape index (κ1) is 21.8. The molecule has 3 atom stereocenters. The van der Waals surface area contributed by atoms with Crippen LogP contribution < -0.4 is 4.74 Å². The van der Waals surface area contributed by atoms with Crippen molar-refractivity contribution < 1.29 is 23.9 Å². The lowest BCUT2D eigenvalue weighted by Gasteiger charge is -2.22. The summed E-state index contributed by atoms with van der Waals surface area (Å²) in [4.78, 5) is 40.2. The maximum absolute atomic E-state index is 13.9. The molecule has 0 amide bonds. The summed E-state index contributed by atoms with van der Waals surface area (Å²) in [5.41, 5.74) is -0.756. The average molecular weight is 485 g/mol. The van der Waals surface area contributed by atoms with Crippen LogP contribution in [0.15, 0.2) is 46.9 Å². The van der Waals surface area contributed by atoms with Gasteiger partial charge < -0.3 is 9.47 Å². The van der Waals surface area contributed by atoms with Gasteiger partial charge in [0.2, 0.25) is 0 Å². The predicted octanol–water partition coefficient (Wildman–Crippen LogP) is 5.20. The van der Waals surface area contributed by atoms with Gasteiger partial charge in [0.25, 0.3) is 0 Å². The summed E-state index contributed by atoms with van der Waals surface area (Å²) < 4.78 is 11.4. The maximum atomic E-state index is 13.9. The smallest absolute Gasteiger partial charge is 0.330 e. The molecular formula is C25H25BrO5. The van der Waals surface area contributed by atoms with E-state index in [1.165, 1.54) is 7.11 Å². The van der Waals surface area contributed by atoms with Gasteiger partial charge in [-0.05, 0) is 35.6 Å². The van der Waals surface area contributed by atoms with Gasteiger partial charge in [-0.25, -0.2) is 0 Å². The lowest BCUT2D eigenvalue weighted by atomic mass is 9.81. The molecule has 0 N–H and O–H groups in total. The molecule has 5 nitrogen and oxygen atoms in total. The van der Waals surface area contributed by atoms with Crippen molar-refractivity contribution in [1.82, 2.24) is 0 Å². The second kappa shape index (κ2) is 7.02. The summed E-state index contributed by atoms with van der Waals surface area (Å²) in [6.45, 7) is 8.13. The number of carbonyl (C=O) groups excluding carboxylic acids is 3. The molecule has 31 heavy (non-hydrogen) atoms. The second-order valence-electron chi connectivity index (χ2n) is 9.29. The highest BCUT2D eigenvalue weighted by molar-refractivity contribution is 9.10. The molecule has 2 aromatic carbocycles. The molecule has 4 rings (SSSR count). The number of halogens is 1. The fourth-order valence-corrected chi connectivity index (χ4v) is 5.61. The van der Waals surface area contributed by atoms with E-state index in [2.05, 4.69) is 36.7 Å². The fraction of sp³-hybridized carbons (Fsp3) is 0.400. The van der Waals surface area contributed by atoms with Crippen LogP contribution in [0.1, 0.15) is 61.5 Å². The molecule has 0 saturated heterocycles. The molecule has 1 aliphatic heterocycles. The molecule has 0 radical (unpaired) electrons. The largest absolute Gasteiger partial charge is 0.468 e. The number of carbonyl (C=O) groups is 3. The van der Waals surface area contributed by atoms with Crippen LogP contribution in [0.25, 0.3) is 0 Å². The first-order valence-corrected chi connectivity index (χ1v) is 11.1. The molecule has 2 aromatic rings. The molecule has 1 fully saturated rings. The molecule has 2 aliphatic rings. The molecule has 1 heterocycles. The number of methoxy groups -OCH3 is 1. The van der Waals surface area contributed by atoms with Gasteiger partial charge in [-0.2, -0.15) is 0 Å². The van der Waals surface area contributed by atoms with Gasteiger partial charge in [0.15, 0.2) is 11.2 Å². The van der Waals surface area contributed by atoms with Crippen LogP contribution >= 0.6 is 15.9 Å². The molecule has 0 spiro atoms. The van der Waals surface area contributed by atoms with E-state index >= 15 is 0 Å². The molecule has 1 saturated carbocycles. The summed E-state index contributed by atoms with van der Waals surface area (Å²) in [7, 11) is 1.24. The van der Waals surface area contributed by atoms with Crippen molar-refractivity contribution in [2.75, 3.05) is 7.11 Å². The first-order chi connectivity index (χ1) is 14.5. The van der Waals surface area contributed by atoms with Crippen molar-refractivity contribution in [3.05, 3.63) is 63.6 Å². The number of fused-ring (bicyclic) bond motifs is 3. The Hall–Kier alpha value is -2.47. The molecule has 0 aromatic heterocycles. The van der Waals surface area contributed by atoms with E-state index in [4.69, 9.17) is 9.47 Å². The van der Waals surface area contributed by atoms with Crippen molar-refractivity contribution in [3.63, 3.8) is 0 Å². The first-order valence-electron chi connectivity index (χ1n) is 10.3. The van der Waals surface area contributed by atoms with Gasteiger partial charge >= 0.3 is 11.9 Å². The van der Waals surface area contributed by atoms with Gasteiger partial charge in [0.1, 0.15) is 5.75 Å². The summed E-state index contributed by atoms with van der Waals surface area (Å²) in [5, 5.41) is 0. The molecular weight excluding hydrogens is 460 g/mol. The Kier molecular flexibility index (Phi) is 4.93. The van der Waals surface area contributed by atoms with Crippen molar-refractivity contribution >= 4 is 33.7 Å². The van der Waals surface area contributed by atoms with Crippen LogP contribution in [0, 0.1) is 10.8 Å². The summed E-state index contributed by atoms with van der Waals surface area (Å²) in [5.74, 6) is -1.95. The molecule has 0 unspecified atom stereocenters. The van der Waals surface area contributed by atoms with Crippen molar-refractivity contribution in [2.24, 2.45) is 10.8 Å². The minimum Gasteiger partial charge on any atom is -0.468 e. The van der Waals surface area contributed by atoms with E-state index in [0.717, 1.165) is 10.0 Å². The Morgan fingerprint density at radius 2 is 1.77 bits per heavy atom. The number of Topliss-reactive ketones (excluding diaryl/α,β-unsaturated/α-hetero) is 1. The normalized spacial score (nSPS) is 26.4. The van der Waals surface area contributed by atoms with Crippen LogP contribution in [0.4, 0.5) is 0 Å². The van der Waals surface area contributed by atoms with Crippen molar-refractivity contribution in [2.45, 2.75) is 45.4 Å². The number of ether oxygens (including phenoxy) is 2. The summed E-state index contributed by atoms with van der Waals surface area (Å²) in [6, 6.07) is 12.7. The third-order valence-electron chi connectivity index (χ3n) is 6.84. The van der Waals surface area contributed by atoms with E-state index in [0.29, 0.717) is 23.3 Å². The highest BCUT2D eigenvalue weighted by Crippen LogP contribution is 2.80. The lowest BCUT2D eigenvalue weighted by Crippen LogP contribution is -2.40. The van der Waals surface area contributed by atoms with E-state index in [-0.39, 0.29) is 11.2 Å². The lowest BCUT2D eigenvalue weighted by molar-refractivity contribution is -0.160.